The highest BCUT2D eigenvalue weighted by Crippen LogP contribution is 2.19. The molecule has 0 heterocycles. The van der Waals surface area contributed by atoms with Crippen LogP contribution in [0.15, 0.2) is 18.2 Å². The summed E-state index contributed by atoms with van der Waals surface area (Å²) in [6, 6.07) is 6.53. The first-order valence-electron chi connectivity index (χ1n) is 4.74. The summed E-state index contributed by atoms with van der Waals surface area (Å²) in [5.74, 6) is -0.457. The number of rotatable bonds is 4. The molecule has 0 bridgehead atoms. The molecule has 0 radical (unpaired) electrons. The lowest BCUT2D eigenvalue weighted by Gasteiger charge is -2.04. The van der Waals surface area contributed by atoms with Gasteiger partial charge in [-0.2, -0.15) is 5.26 Å². The molecule has 0 atom stereocenters. The van der Waals surface area contributed by atoms with Gasteiger partial charge in [-0.05, 0) is 24.6 Å². The maximum Gasteiger partial charge on any atom is 0.338 e. The van der Waals surface area contributed by atoms with Gasteiger partial charge in [0.1, 0.15) is 0 Å². The first-order valence-corrected chi connectivity index (χ1v) is 5.12. The molecule has 0 aliphatic carbocycles. The van der Waals surface area contributed by atoms with Crippen LogP contribution in [0, 0.1) is 11.3 Å². The minimum absolute atomic E-state index is 0.231. The molecule has 0 aromatic heterocycles. The van der Waals surface area contributed by atoms with Crippen LogP contribution in [0.4, 0.5) is 5.69 Å². The van der Waals surface area contributed by atoms with Crippen molar-refractivity contribution in [1.29, 1.82) is 5.26 Å². The lowest BCUT2D eigenvalue weighted by atomic mass is 10.2. The number of ether oxygens (including phenoxy) is 1. The van der Waals surface area contributed by atoms with E-state index in [1.54, 1.807) is 12.1 Å². The van der Waals surface area contributed by atoms with E-state index in [-0.39, 0.29) is 6.61 Å². The maximum absolute atomic E-state index is 11.5. The fourth-order valence-electron chi connectivity index (χ4n) is 1.07. The summed E-state index contributed by atoms with van der Waals surface area (Å²) < 4.78 is 4.94. The Bertz CT molecular complexity index is 426. The van der Waals surface area contributed by atoms with Crippen LogP contribution in [-0.2, 0) is 4.74 Å². The zero-order chi connectivity index (χ0) is 12.0. The highest BCUT2D eigenvalue weighted by atomic mass is 35.5. The molecule has 1 rings (SSSR count). The summed E-state index contributed by atoms with van der Waals surface area (Å²) in [6.07, 6.45) is 0.904. The second-order valence-corrected chi connectivity index (χ2v) is 3.54. The zero-order valence-electron chi connectivity index (χ0n) is 8.57. The number of hydrogen-bond acceptors (Lipinski definition) is 4. The van der Waals surface area contributed by atoms with E-state index in [2.05, 4.69) is 0 Å². The number of esters is 1. The van der Waals surface area contributed by atoms with Crippen molar-refractivity contribution in [2.75, 3.05) is 12.3 Å². The van der Waals surface area contributed by atoms with E-state index in [0.29, 0.717) is 29.1 Å². The third kappa shape index (κ3) is 3.44. The van der Waals surface area contributed by atoms with Crippen LogP contribution in [0.2, 0.25) is 5.02 Å². The van der Waals surface area contributed by atoms with Crippen molar-refractivity contribution in [2.24, 2.45) is 0 Å². The summed E-state index contributed by atoms with van der Waals surface area (Å²) in [5, 5.41) is 8.70. The van der Waals surface area contributed by atoms with Crippen LogP contribution in [0.5, 0.6) is 0 Å². The molecule has 0 aliphatic rings. The predicted octanol–water partition coefficient (Wildman–Crippen LogP) is 2.38. The second kappa shape index (κ2) is 5.99. The topological polar surface area (TPSA) is 76.1 Å². The van der Waals surface area contributed by atoms with Gasteiger partial charge in [-0.15, -0.1) is 0 Å². The number of nitrogens with two attached hydrogens (primary N) is 1. The molecule has 0 saturated heterocycles. The van der Waals surface area contributed by atoms with Gasteiger partial charge in [-0.25, -0.2) is 4.79 Å². The SMILES string of the molecule is N#CCCCOC(=O)c1ccc(Cl)c(N)c1. The predicted molar refractivity (Wildman–Crippen MR) is 61.0 cm³/mol. The Labute approximate surface area is 98.6 Å². The van der Waals surface area contributed by atoms with E-state index in [4.69, 9.17) is 27.3 Å². The number of unbranched alkanes of at least 4 members (excludes halogenated alkanes) is 1. The van der Waals surface area contributed by atoms with Gasteiger partial charge in [0, 0.05) is 6.42 Å². The van der Waals surface area contributed by atoms with Gasteiger partial charge in [-0.1, -0.05) is 11.6 Å². The molecule has 4 nitrogen and oxygen atoms in total. The Kier molecular flexibility index (Phi) is 4.62. The molecule has 0 unspecified atom stereocenters. The molecule has 0 fully saturated rings. The van der Waals surface area contributed by atoms with Gasteiger partial charge in [0.25, 0.3) is 0 Å². The summed E-state index contributed by atoms with van der Waals surface area (Å²) in [4.78, 5) is 11.5. The Morgan fingerprint density at radius 3 is 2.94 bits per heavy atom. The molecule has 2 N–H and O–H groups in total. The molecule has 84 valence electrons. The first kappa shape index (κ1) is 12.3. The number of halogens is 1. The third-order valence-corrected chi connectivity index (χ3v) is 2.24. The molecule has 1 aromatic rings. The summed E-state index contributed by atoms with van der Waals surface area (Å²) in [7, 11) is 0. The number of nitriles is 1. The van der Waals surface area contributed by atoms with E-state index in [9.17, 15) is 4.79 Å². The molecule has 1 aromatic carbocycles. The van der Waals surface area contributed by atoms with Gasteiger partial charge in [0.2, 0.25) is 0 Å². The van der Waals surface area contributed by atoms with Crippen LogP contribution >= 0.6 is 11.6 Å². The van der Waals surface area contributed by atoms with E-state index in [1.807, 2.05) is 6.07 Å². The minimum atomic E-state index is -0.457. The Morgan fingerprint density at radius 1 is 1.56 bits per heavy atom. The largest absolute Gasteiger partial charge is 0.462 e. The molecule has 0 amide bonds. The summed E-state index contributed by atoms with van der Waals surface area (Å²) >= 11 is 5.72. The fraction of sp³-hybridized carbons (Fsp3) is 0.273. The van der Waals surface area contributed by atoms with Gasteiger partial charge < -0.3 is 10.5 Å². The summed E-state index contributed by atoms with van der Waals surface area (Å²) in [6.45, 7) is 0.231. The Morgan fingerprint density at radius 2 is 2.31 bits per heavy atom. The van der Waals surface area contributed by atoms with Crippen LogP contribution in [-0.4, -0.2) is 12.6 Å². The molecule has 0 saturated carbocycles. The maximum atomic E-state index is 11.5. The van der Waals surface area contributed by atoms with E-state index in [1.165, 1.54) is 6.07 Å². The first-order chi connectivity index (χ1) is 7.65. The number of carbonyl (C=O) groups excluding carboxylic acids is 1. The molecule has 0 aliphatic heterocycles. The van der Waals surface area contributed by atoms with Crippen molar-refractivity contribution in [3.63, 3.8) is 0 Å². The highest BCUT2D eigenvalue weighted by molar-refractivity contribution is 6.33. The number of anilines is 1. The van der Waals surface area contributed by atoms with E-state index >= 15 is 0 Å². The highest BCUT2D eigenvalue weighted by Gasteiger charge is 2.08. The molecular weight excluding hydrogens is 228 g/mol. The van der Waals surface area contributed by atoms with Gasteiger partial charge >= 0.3 is 5.97 Å². The minimum Gasteiger partial charge on any atom is -0.462 e. The van der Waals surface area contributed by atoms with Crippen molar-refractivity contribution in [2.45, 2.75) is 12.8 Å². The van der Waals surface area contributed by atoms with Crippen LogP contribution in [0.3, 0.4) is 0 Å². The number of nitrogens with zero attached hydrogens (tertiary/aromatic N) is 1. The van der Waals surface area contributed by atoms with Gasteiger partial charge in [0.15, 0.2) is 0 Å². The van der Waals surface area contributed by atoms with Crippen molar-refractivity contribution in [3.05, 3.63) is 28.8 Å². The lowest BCUT2D eigenvalue weighted by molar-refractivity contribution is 0.0502. The van der Waals surface area contributed by atoms with Crippen molar-refractivity contribution < 1.29 is 9.53 Å². The third-order valence-electron chi connectivity index (χ3n) is 1.90. The van der Waals surface area contributed by atoms with Gasteiger partial charge in [-0.3, -0.25) is 0 Å². The fourth-order valence-corrected chi connectivity index (χ4v) is 1.19. The quantitative estimate of drug-likeness (QED) is 0.496. The Hall–Kier alpha value is -1.73. The zero-order valence-corrected chi connectivity index (χ0v) is 9.33. The van der Waals surface area contributed by atoms with Crippen LogP contribution < -0.4 is 5.73 Å². The Balaban J connectivity index is 2.53. The van der Waals surface area contributed by atoms with E-state index in [0.717, 1.165) is 0 Å². The van der Waals surface area contributed by atoms with Crippen molar-refractivity contribution in [3.8, 4) is 6.07 Å². The second-order valence-electron chi connectivity index (χ2n) is 3.13. The lowest BCUT2D eigenvalue weighted by Crippen LogP contribution is -2.06. The average molecular weight is 239 g/mol. The van der Waals surface area contributed by atoms with Crippen LogP contribution in [0.1, 0.15) is 23.2 Å². The molecule has 16 heavy (non-hydrogen) atoms. The summed E-state index contributed by atoms with van der Waals surface area (Å²) in [5.41, 5.74) is 6.25. The van der Waals surface area contributed by atoms with Crippen molar-refractivity contribution in [1.82, 2.24) is 0 Å². The normalized spacial score (nSPS) is 9.50. The number of carbonyl (C=O) groups is 1. The van der Waals surface area contributed by atoms with Crippen molar-refractivity contribution >= 4 is 23.3 Å². The monoisotopic (exact) mass is 238 g/mol. The standard InChI is InChI=1S/C11H11ClN2O2/c12-9-4-3-8(7-10(9)14)11(15)16-6-2-1-5-13/h3-4,7H,1-2,6,14H2. The number of benzene rings is 1. The molecule has 5 heteroatoms. The molecular formula is C11H11ClN2O2. The average Bonchev–Trinajstić information content (AvgIpc) is 2.28. The number of hydrogen-bond donors (Lipinski definition) is 1. The number of nitrogen functional groups attached to an aromatic ring is 1. The van der Waals surface area contributed by atoms with E-state index < -0.39 is 5.97 Å². The van der Waals surface area contributed by atoms with Gasteiger partial charge in [0.05, 0.1) is 28.9 Å². The van der Waals surface area contributed by atoms with Crippen LogP contribution in [0.25, 0.3) is 0 Å². The smallest absolute Gasteiger partial charge is 0.338 e. The molecule has 0 spiro atoms.